The third-order valence-corrected chi connectivity index (χ3v) is 4.33. The molecule has 0 atom stereocenters. The highest BCUT2D eigenvalue weighted by Gasteiger charge is 2.43. The Morgan fingerprint density at radius 1 is 1.18 bits per heavy atom. The second-order valence-electron chi connectivity index (χ2n) is 5.88. The van der Waals surface area contributed by atoms with Gasteiger partial charge in [0.1, 0.15) is 6.61 Å². The number of amides is 1. The van der Waals surface area contributed by atoms with E-state index >= 15 is 0 Å². The predicted molar refractivity (Wildman–Crippen MR) is 82.4 cm³/mol. The molecule has 1 saturated carbocycles. The molecule has 0 bridgehead atoms. The number of unbranched alkanes of at least 4 members (excludes halogenated alkanes) is 1. The van der Waals surface area contributed by atoms with E-state index in [4.69, 9.17) is 4.74 Å². The van der Waals surface area contributed by atoms with Crippen LogP contribution < -0.4 is 5.32 Å². The average Bonchev–Trinajstić information content (AvgIpc) is 2.47. The molecule has 22 heavy (non-hydrogen) atoms. The fourth-order valence-corrected chi connectivity index (χ4v) is 2.73. The van der Waals surface area contributed by atoms with E-state index in [1.807, 2.05) is 30.3 Å². The number of hydrogen-bond acceptors (Lipinski definition) is 3. The number of ether oxygens (including phenoxy) is 1. The van der Waals surface area contributed by atoms with Crippen molar-refractivity contribution in [2.45, 2.75) is 45.1 Å². The van der Waals surface area contributed by atoms with Crippen molar-refractivity contribution in [2.75, 3.05) is 6.54 Å². The van der Waals surface area contributed by atoms with Crippen molar-refractivity contribution in [2.24, 2.45) is 5.41 Å². The van der Waals surface area contributed by atoms with Crippen LogP contribution in [-0.2, 0) is 16.1 Å². The number of hydrogen-bond donors (Lipinski definition) is 2. The van der Waals surface area contributed by atoms with Gasteiger partial charge < -0.3 is 15.2 Å². The Hall–Kier alpha value is -2.04. The van der Waals surface area contributed by atoms with Crippen LogP contribution in [0.5, 0.6) is 0 Å². The smallest absolute Gasteiger partial charge is 0.407 e. The predicted octanol–water partition coefficient (Wildman–Crippen LogP) is 3.34. The van der Waals surface area contributed by atoms with Crippen molar-refractivity contribution < 1.29 is 19.4 Å². The van der Waals surface area contributed by atoms with Gasteiger partial charge in [-0.2, -0.15) is 0 Å². The Morgan fingerprint density at radius 3 is 2.50 bits per heavy atom. The molecule has 1 amide bonds. The lowest BCUT2D eigenvalue weighted by atomic mass is 9.66. The summed E-state index contributed by atoms with van der Waals surface area (Å²) >= 11 is 0. The first-order chi connectivity index (χ1) is 10.6. The first kappa shape index (κ1) is 16.3. The summed E-state index contributed by atoms with van der Waals surface area (Å²) in [7, 11) is 0. The first-order valence-electron chi connectivity index (χ1n) is 7.80. The largest absolute Gasteiger partial charge is 0.481 e. The second kappa shape index (κ2) is 7.82. The maximum Gasteiger partial charge on any atom is 0.407 e. The number of carboxylic acid groups (broad SMARTS) is 1. The molecule has 0 saturated heterocycles. The van der Waals surface area contributed by atoms with Crippen LogP contribution in [0.25, 0.3) is 0 Å². The topological polar surface area (TPSA) is 75.6 Å². The molecule has 1 aliphatic carbocycles. The highest BCUT2D eigenvalue weighted by molar-refractivity contribution is 5.75. The standard InChI is InChI=1S/C17H23NO4/c19-15(20)17(10-6-11-17)9-4-5-12-18-16(21)22-13-14-7-2-1-3-8-14/h1-3,7-8H,4-6,9-13H2,(H,18,21)(H,19,20). The van der Waals surface area contributed by atoms with Crippen molar-refractivity contribution in [1.82, 2.24) is 5.32 Å². The fraction of sp³-hybridized carbons (Fsp3) is 0.529. The molecule has 0 radical (unpaired) electrons. The summed E-state index contributed by atoms with van der Waals surface area (Å²) in [6.45, 7) is 0.776. The molecule has 1 fully saturated rings. The van der Waals surface area contributed by atoms with E-state index in [1.54, 1.807) is 0 Å². The number of carbonyl (C=O) groups is 2. The van der Waals surface area contributed by atoms with Crippen molar-refractivity contribution in [1.29, 1.82) is 0 Å². The van der Waals surface area contributed by atoms with Gasteiger partial charge in [-0.1, -0.05) is 43.2 Å². The number of carbonyl (C=O) groups excluding carboxylic acids is 1. The zero-order valence-corrected chi connectivity index (χ0v) is 12.7. The molecule has 0 heterocycles. The summed E-state index contributed by atoms with van der Waals surface area (Å²) < 4.78 is 5.10. The van der Waals surface area contributed by atoms with Crippen LogP contribution in [0.2, 0.25) is 0 Å². The number of carboxylic acids is 1. The average molecular weight is 305 g/mol. The quantitative estimate of drug-likeness (QED) is 0.722. The first-order valence-corrected chi connectivity index (χ1v) is 7.80. The van der Waals surface area contributed by atoms with Crippen molar-refractivity contribution in [3.63, 3.8) is 0 Å². The number of benzene rings is 1. The molecule has 0 aromatic heterocycles. The van der Waals surface area contributed by atoms with Crippen LogP contribution in [0, 0.1) is 5.41 Å². The van der Waals surface area contributed by atoms with Gasteiger partial charge in [-0.15, -0.1) is 0 Å². The van der Waals surface area contributed by atoms with Gasteiger partial charge in [-0.05, 0) is 31.2 Å². The van der Waals surface area contributed by atoms with Gasteiger partial charge in [0.15, 0.2) is 0 Å². The number of rotatable bonds is 8. The molecule has 1 aromatic rings. The van der Waals surface area contributed by atoms with Gasteiger partial charge in [-0.3, -0.25) is 4.79 Å². The van der Waals surface area contributed by atoms with Gasteiger partial charge in [0.2, 0.25) is 0 Å². The zero-order chi connectivity index (χ0) is 15.8. The molecule has 1 aromatic carbocycles. The van der Waals surface area contributed by atoms with Crippen LogP contribution in [0.4, 0.5) is 4.79 Å². The maximum absolute atomic E-state index is 11.5. The Labute approximate surface area is 130 Å². The molecule has 5 nitrogen and oxygen atoms in total. The Kier molecular flexibility index (Phi) is 5.81. The van der Waals surface area contributed by atoms with Crippen molar-refractivity contribution in [3.05, 3.63) is 35.9 Å². The summed E-state index contributed by atoms with van der Waals surface area (Å²) in [4.78, 5) is 22.7. The minimum Gasteiger partial charge on any atom is -0.481 e. The number of alkyl carbamates (subject to hydrolysis) is 1. The molecule has 0 spiro atoms. The Morgan fingerprint density at radius 2 is 1.91 bits per heavy atom. The third kappa shape index (κ3) is 4.48. The summed E-state index contributed by atoms with van der Waals surface area (Å²) in [5.74, 6) is -0.672. The number of nitrogens with one attached hydrogen (secondary N) is 1. The highest BCUT2D eigenvalue weighted by atomic mass is 16.5. The van der Waals surface area contributed by atoms with Crippen molar-refractivity contribution >= 4 is 12.1 Å². The van der Waals surface area contributed by atoms with E-state index in [9.17, 15) is 14.7 Å². The SMILES string of the molecule is O=C(NCCCCC1(C(=O)O)CCC1)OCc1ccccc1. The lowest BCUT2D eigenvalue weighted by molar-refractivity contribution is -0.155. The number of aliphatic carboxylic acids is 1. The van der Waals surface area contributed by atoms with E-state index in [2.05, 4.69) is 5.32 Å². The normalized spacial score (nSPS) is 15.6. The van der Waals surface area contributed by atoms with Gasteiger partial charge >= 0.3 is 12.1 Å². The Bertz CT molecular complexity index is 497. The summed E-state index contributed by atoms with van der Waals surface area (Å²) in [5, 5.41) is 11.9. The molecule has 2 rings (SSSR count). The van der Waals surface area contributed by atoms with Crippen LogP contribution in [0.3, 0.4) is 0 Å². The van der Waals surface area contributed by atoms with E-state index in [0.29, 0.717) is 13.0 Å². The van der Waals surface area contributed by atoms with E-state index in [-0.39, 0.29) is 6.61 Å². The lowest BCUT2D eigenvalue weighted by Crippen LogP contribution is -2.38. The Balaban J connectivity index is 1.55. The van der Waals surface area contributed by atoms with Gasteiger partial charge in [0.05, 0.1) is 5.41 Å². The summed E-state index contributed by atoms with van der Waals surface area (Å²) in [6, 6.07) is 9.51. The third-order valence-electron chi connectivity index (χ3n) is 4.33. The molecule has 0 aliphatic heterocycles. The van der Waals surface area contributed by atoms with E-state index in [0.717, 1.165) is 37.7 Å². The monoisotopic (exact) mass is 305 g/mol. The van der Waals surface area contributed by atoms with Gasteiger partial charge in [0, 0.05) is 6.54 Å². The molecule has 120 valence electrons. The summed E-state index contributed by atoms with van der Waals surface area (Å²) in [6.07, 6.45) is 4.43. The van der Waals surface area contributed by atoms with Crippen LogP contribution in [0.1, 0.15) is 44.1 Å². The molecule has 5 heteroatoms. The maximum atomic E-state index is 11.5. The van der Waals surface area contributed by atoms with Crippen LogP contribution in [0.15, 0.2) is 30.3 Å². The van der Waals surface area contributed by atoms with E-state index in [1.165, 1.54) is 0 Å². The molecular weight excluding hydrogens is 282 g/mol. The summed E-state index contributed by atoms with van der Waals surface area (Å²) in [5.41, 5.74) is 0.458. The van der Waals surface area contributed by atoms with Crippen LogP contribution in [-0.4, -0.2) is 23.7 Å². The molecular formula is C17H23NO4. The zero-order valence-electron chi connectivity index (χ0n) is 12.7. The fourth-order valence-electron chi connectivity index (χ4n) is 2.73. The minimum absolute atomic E-state index is 0.259. The lowest BCUT2D eigenvalue weighted by Gasteiger charge is -2.37. The van der Waals surface area contributed by atoms with Gasteiger partial charge in [0.25, 0.3) is 0 Å². The molecule has 1 aliphatic rings. The van der Waals surface area contributed by atoms with Crippen LogP contribution >= 0.6 is 0 Å². The van der Waals surface area contributed by atoms with Gasteiger partial charge in [-0.25, -0.2) is 4.79 Å². The minimum atomic E-state index is -0.672. The molecule has 2 N–H and O–H groups in total. The van der Waals surface area contributed by atoms with E-state index < -0.39 is 17.5 Å². The molecule has 0 unspecified atom stereocenters. The highest BCUT2D eigenvalue weighted by Crippen LogP contribution is 2.45. The van der Waals surface area contributed by atoms with Crippen molar-refractivity contribution in [3.8, 4) is 0 Å². The second-order valence-corrected chi connectivity index (χ2v) is 5.88.